The second-order valence-electron chi connectivity index (χ2n) is 5.33. The van der Waals surface area contributed by atoms with Crippen LogP contribution in [0.3, 0.4) is 0 Å². The number of aliphatic imine (C=N–C) groups is 1. The van der Waals surface area contributed by atoms with Gasteiger partial charge in [-0.1, -0.05) is 0 Å². The Labute approximate surface area is 144 Å². The number of benzene rings is 2. The van der Waals surface area contributed by atoms with E-state index >= 15 is 0 Å². The number of allylic oxidation sites excluding steroid dienone is 2. The van der Waals surface area contributed by atoms with Crippen molar-refractivity contribution in [3.05, 3.63) is 72.1 Å². The zero-order chi connectivity index (χ0) is 17.1. The van der Waals surface area contributed by atoms with Crippen LogP contribution in [0.1, 0.15) is 0 Å². The summed E-state index contributed by atoms with van der Waals surface area (Å²) in [6, 6.07) is 13.7. The third-order valence-electron chi connectivity index (χ3n) is 3.46. The van der Waals surface area contributed by atoms with Crippen LogP contribution in [0.5, 0.6) is 5.75 Å². The van der Waals surface area contributed by atoms with Crippen molar-refractivity contribution in [1.29, 1.82) is 5.41 Å². The predicted molar refractivity (Wildman–Crippen MR) is 101 cm³/mol. The van der Waals surface area contributed by atoms with Gasteiger partial charge in [-0.25, -0.2) is 4.99 Å². The number of nitrogens with two attached hydrogens (primary N) is 2. The van der Waals surface area contributed by atoms with Gasteiger partial charge in [0.1, 0.15) is 5.75 Å². The Balaban J connectivity index is 0.00000225. The van der Waals surface area contributed by atoms with Gasteiger partial charge in [0, 0.05) is 11.4 Å². The third kappa shape index (κ3) is 4.24. The van der Waals surface area contributed by atoms with Gasteiger partial charge in [0.25, 0.3) is 0 Å². The van der Waals surface area contributed by atoms with Crippen molar-refractivity contribution in [1.82, 2.24) is 0 Å². The van der Waals surface area contributed by atoms with Crippen molar-refractivity contribution in [2.45, 2.75) is 0 Å². The molecule has 0 amide bonds. The first kappa shape index (κ1) is 17.8. The van der Waals surface area contributed by atoms with Crippen LogP contribution in [0.2, 0.25) is 0 Å². The largest absolute Gasteiger partial charge is 0.508 e. The smallest absolute Gasteiger partial charge is 0.115 e. The molecule has 25 heavy (non-hydrogen) atoms. The number of nitrogens with zero attached hydrogens (tertiary/aromatic N) is 1. The van der Waals surface area contributed by atoms with Crippen LogP contribution in [0, 0.1) is 5.41 Å². The molecule has 1 aliphatic rings. The van der Waals surface area contributed by atoms with E-state index in [1.54, 1.807) is 60.7 Å². The van der Waals surface area contributed by atoms with Crippen molar-refractivity contribution in [2.75, 3.05) is 11.1 Å². The van der Waals surface area contributed by atoms with Crippen LogP contribution in [0.25, 0.3) is 0 Å². The molecule has 0 bridgehead atoms. The Bertz CT molecular complexity index is 865. The number of phenolic OH excluding ortho intramolecular Hbond substituents is 1. The van der Waals surface area contributed by atoms with Gasteiger partial charge in [0.2, 0.25) is 0 Å². The topological polar surface area (TPSA) is 152 Å². The Kier molecular flexibility index (Phi) is 5.21. The van der Waals surface area contributed by atoms with Crippen LogP contribution >= 0.6 is 0 Å². The van der Waals surface area contributed by atoms with Crippen LogP contribution in [0.4, 0.5) is 17.1 Å². The van der Waals surface area contributed by atoms with Crippen LogP contribution in [-0.2, 0) is 0 Å². The Hall–Kier alpha value is -3.58. The number of hydrogen-bond acceptors (Lipinski definition) is 6. The lowest BCUT2D eigenvalue weighted by atomic mass is 10.0. The molecule has 3 rings (SSSR count). The van der Waals surface area contributed by atoms with Crippen molar-refractivity contribution in [3.8, 4) is 5.75 Å². The molecule has 0 aliphatic heterocycles. The highest BCUT2D eigenvalue weighted by Gasteiger charge is 2.14. The Morgan fingerprint density at radius 1 is 0.920 bits per heavy atom. The number of anilines is 2. The van der Waals surface area contributed by atoms with E-state index in [0.717, 1.165) is 11.4 Å². The fraction of sp³-hybridized carbons (Fsp3) is 0. The molecular formula is C18H19N5O2. The summed E-state index contributed by atoms with van der Waals surface area (Å²) in [7, 11) is 0. The normalized spacial score (nSPS) is 15.2. The van der Waals surface area contributed by atoms with Gasteiger partial charge < -0.3 is 27.4 Å². The fourth-order valence-electron chi connectivity index (χ4n) is 2.19. The second kappa shape index (κ2) is 7.33. The van der Waals surface area contributed by atoms with E-state index in [1.807, 2.05) is 0 Å². The molecule has 2 aromatic carbocycles. The molecule has 0 spiro atoms. The number of aromatic hydroxyl groups is 1. The van der Waals surface area contributed by atoms with E-state index in [2.05, 4.69) is 10.3 Å². The molecule has 7 heteroatoms. The van der Waals surface area contributed by atoms with E-state index in [1.165, 1.54) is 0 Å². The number of rotatable bonds is 3. The number of nitrogen functional groups attached to an aromatic ring is 1. The lowest BCUT2D eigenvalue weighted by molar-refractivity contribution is 0.475. The third-order valence-corrected chi connectivity index (χ3v) is 3.46. The fourth-order valence-corrected chi connectivity index (χ4v) is 2.19. The zero-order valence-corrected chi connectivity index (χ0v) is 13.3. The lowest BCUT2D eigenvalue weighted by Crippen LogP contribution is -2.21. The monoisotopic (exact) mass is 337 g/mol. The molecule has 0 aromatic heterocycles. The van der Waals surface area contributed by atoms with E-state index in [0.29, 0.717) is 22.8 Å². The SMILES string of the molecule is N=C1C=C(N)/C(=N/c2ccc(N)cc2)C=C1Nc1ccc(O)cc1.O. The first-order chi connectivity index (χ1) is 11.5. The van der Waals surface area contributed by atoms with Gasteiger partial charge in [-0.2, -0.15) is 0 Å². The summed E-state index contributed by atoms with van der Waals surface area (Å²) >= 11 is 0. The number of hydrogen-bond donors (Lipinski definition) is 5. The van der Waals surface area contributed by atoms with Crippen molar-refractivity contribution < 1.29 is 10.6 Å². The molecule has 128 valence electrons. The van der Waals surface area contributed by atoms with Gasteiger partial charge in [-0.15, -0.1) is 0 Å². The highest BCUT2D eigenvalue weighted by Crippen LogP contribution is 2.20. The highest BCUT2D eigenvalue weighted by molar-refractivity contribution is 6.23. The van der Waals surface area contributed by atoms with Crippen LogP contribution in [0.15, 0.2) is 77.1 Å². The maximum atomic E-state index is 9.34. The Morgan fingerprint density at radius 2 is 1.56 bits per heavy atom. The van der Waals surface area contributed by atoms with Crippen LogP contribution in [-0.4, -0.2) is 22.0 Å². The molecule has 0 fully saturated rings. The van der Waals surface area contributed by atoms with Crippen molar-refractivity contribution >= 4 is 28.5 Å². The average molecular weight is 337 g/mol. The molecular weight excluding hydrogens is 318 g/mol. The summed E-state index contributed by atoms with van der Waals surface area (Å²) in [5.74, 6) is 0.183. The minimum absolute atomic E-state index is 0. The average Bonchev–Trinajstić information content (AvgIpc) is 2.56. The van der Waals surface area contributed by atoms with Crippen molar-refractivity contribution in [3.63, 3.8) is 0 Å². The first-order valence-electron chi connectivity index (χ1n) is 7.30. The van der Waals surface area contributed by atoms with Gasteiger partial charge >= 0.3 is 0 Å². The minimum atomic E-state index is 0. The van der Waals surface area contributed by atoms with Gasteiger partial charge in [-0.05, 0) is 60.7 Å². The lowest BCUT2D eigenvalue weighted by Gasteiger charge is -2.16. The van der Waals surface area contributed by atoms with E-state index in [9.17, 15) is 5.11 Å². The van der Waals surface area contributed by atoms with Gasteiger partial charge in [0.05, 0.1) is 28.5 Å². The van der Waals surface area contributed by atoms with Crippen molar-refractivity contribution in [2.24, 2.45) is 10.7 Å². The predicted octanol–water partition coefficient (Wildman–Crippen LogP) is 2.09. The molecule has 0 saturated carbocycles. The molecule has 0 unspecified atom stereocenters. The summed E-state index contributed by atoms with van der Waals surface area (Å²) < 4.78 is 0. The second-order valence-corrected chi connectivity index (χ2v) is 5.33. The number of nitrogens with one attached hydrogen (secondary N) is 2. The van der Waals surface area contributed by atoms with Gasteiger partial charge in [0.15, 0.2) is 0 Å². The summed E-state index contributed by atoms with van der Waals surface area (Å²) in [6.07, 6.45) is 3.28. The standard InChI is InChI=1S/C18H17N5O.H2O/c19-11-1-3-12(4-2-11)22-17-10-18(16(21)9-15(17)20)23-13-5-7-14(24)8-6-13;/h1-10,21,23-24H,19-20H2;1H2/b21-16?,22-17+;. The highest BCUT2D eigenvalue weighted by atomic mass is 16.3. The summed E-state index contributed by atoms with van der Waals surface area (Å²) in [4.78, 5) is 4.50. The van der Waals surface area contributed by atoms with Gasteiger partial charge in [-0.3, -0.25) is 5.41 Å². The molecule has 0 atom stereocenters. The molecule has 0 radical (unpaired) electrons. The molecule has 7 nitrogen and oxygen atoms in total. The summed E-state index contributed by atoms with van der Waals surface area (Å²) in [5, 5.41) is 20.5. The summed E-state index contributed by atoms with van der Waals surface area (Å²) in [6.45, 7) is 0. The zero-order valence-electron chi connectivity index (χ0n) is 13.3. The molecule has 2 aromatic rings. The minimum Gasteiger partial charge on any atom is -0.508 e. The molecule has 0 heterocycles. The first-order valence-corrected chi connectivity index (χ1v) is 7.30. The number of phenols is 1. The molecule has 0 saturated heterocycles. The quantitative estimate of drug-likeness (QED) is 0.331. The Morgan fingerprint density at radius 3 is 2.20 bits per heavy atom. The maximum Gasteiger partial charge on any atom is 0.115 e. The summed E-state index contributed by atoms with van der Waals surface area (Å²) in [5.41, 5.74) is 15.6. The maximum absolute atomic E-state index is 9.34. The molecule has 9 N–H and O–H groups in total. The molecule has 1 aliphatic carbocycles. The van der Waals surface area contributed by atoms with E-state index in [4.69, 9.17) is 16.9 Å². The van der Waals surface area contributed by atoms with Crippen LogP contribution < -0.4 is 16.8 Å². The van der Waals surface area contributed by atoms with E-state index in [-0.39, 0.29) is 16.9 Å². The van der Waals surface area contributed by atoms with E-state index < -0.39 is 0 Å².